The van der Waals surface area contributed by atoms with E-state index in [0.717, 1.165) is 56.3 Å². The van der Waals surface area contributed by atoms with Gasteiger partial charge in [-0.15, -0.1) is 0 Å². The van der Waals surface area contributed by atoms with Crippen molar-refractivity contribution in [3.63, 3.8) is 0 Å². The Hall–Kier alpha value is -1.58. The maximum atomic E-state index is 13.0. The Morgan fingerprint density at radius 2 is 1.84 bits per heavy atom. The zero-order valence-electron chi connectivity index (χ0n) is 16.4. The number of aryl methyl sites for hydroxylation is 2. The van der Waals surface area contributed by atoms with Crippen LogP contribution in [0.25, 0.3) is 0 Å². The molecule has 1 aliphatic heterocycles. The molecule has 1 fully saturated rings. The summed E-state index contributed by atoms with van der Waals surface area (Å²) in [7, 11) is 0. The lowest BCUT2D eigenvalue weighted by Gasteiger charge is -2.43. The molecule has 4 nitrogen and oxygen atoms in total. The minimum absolute atomic E-state index is 0.00984. The van der Waals surface area contributed by atoms with Crippen LogP contribution in [-0.2, 0) is 23.1 Å². The summed E-state index contributed by atoms with van der Waals surface area (Å²) in [6.45, 7) is 11.4. The Morgan fingerprint density at radius 3 is 2.52 bits per heavy atom. The van der Waals surface area contributed by atoms with Crippen molar-refractivity contribution in [1.29, 1.82) is 0 Å². The normalized spacial score (nSPS) is 21.6. The van der Waals surface area contributed by atoms with Crippen molar-refractivity contribution in [2.45, 2.75) is 84.1 Å². The number of aromatic nitrogens is 1. The van der Waals surface area contributed by atoms with E-state index in [1.807, 2.05) is 4.90 Å². The fraction of sp³-hybridized carbons (Fsp3) is 0.714. The fourth-order valence-electron chi connectivity index (χ4n) is 4.55. The Bertz CT molecular complexity index is 724. The highest BCUT2D eigenvalue weighted by atomic mass is 16.2. The summed E-state index contributed by atoms with van der Waals surface area (Å²) in [6.07, 6.45) is 5.86. The molecule has 0 aromatic carbocycles. The molecule has 0 bridgehead atoms. The number of pyridine rings is 1. The smallest absolute Gasteiger partial charge is 0.251 e. The Balaban J connectivity index is 1.84. The van der Waals surface area contributed by atoms with Gasteiger partial charge in [0.25, 0.3) is 5.56 Å². The maximum absolute atomic E-state index is 13.0. The molecule has 1 amide bonds. The van der Waals surface area contributed by atoms with Gasteiger partial charge in [0.05, 0.1) is 0 Å². The number of hydrogen-bond donors (Lipinski definition) is 1. The molecule has 1 aromatic rings. The highest BCUT2D eigenvalue weighted by Crippen LogP contribution is 2.36. The summed E-state index contributed by atoms with van der Waals surface area (Å²) in [4.78, 5) is 30.7. The average molecular weight is 344 g/mol. The molecule has 2 aliphatic rings. The number of aromatic amines is 1. The Morgan fingerprint density at radius 1 is 1.12 bits per heavy atom. The number of piperidine rings is 1. The molecular weight excluding hydrogens is 312 g/mol. The van der Waals surface area contributed by atoms with Crippen molar-refractivity contribution >= 4 is 5.91 Å². The molecular formula is C21H32N2O2. The fourth-order valence-corrected chi connectivity index (χ4v) is 4.55. The van der Waals surface area contributed by atoms with Gasteiger partial charge in [-0.3, -0.25) is 9.59 Å². The number of carbonyl (C=O) groups excluding carboxylic acids is 1. The monoisotopic (exact) mass is 344 g/mol. The van der Waals surface area contributed by atoms with Crippen LogP contribution >= 0.6 is 0 Å². The van der Waals surface area contributed by atoms with Gasteiger partial charge in [0.15, 0.2) is 0 Å². The largest absolute Gasteiger partial charge is 0.338 e. The first-order valence-electron chi connectivity index (χ1n) is 9.66. The summed E-state index contributed by atoms with van der Waals surface area (Å²) in [5.74, 6) is 0.264. The number of amides is 1. The third-order valence-corrected chi connectivity index (χ3v) is 5.93. The van der Waals surface area contributed by atoms with Crippen LogP contribution in [0.1, 0.15) is 77.1 Å². The number of H-pyrrole nitrogens is 1. The molecule has 1 saturated heterocycles. The van der Waals surface area contributed by atoms with Gasteiger partial charge in [0.2, 0.25) is 5.91 Å². The van der Waals surface area contributed by atoms with E-state index in [9.17, 15) is 9.59 Å². The summed E-state index contributed by atoms with van der Waals surface area (Å²) in [5.41, 5.74) is 2.83. The van der Waals surface area contributed by atoms with Gasteiger partial charge in [-0.25, -0.2) is 0 Å². The van der Waals surface area contributed by atoms with Crippen molar-refractivity contribution in [1.82, 2.24) is 9.88 Å². The number of carbonyl (C=O) groups is 1. The summed E-state index contributed by atoms with van der Waals surface area (Å²) >= 11 is 0. The van der Waals surface area contributed by atoms with Gasteiger partial charge in [-0.2, -0.15) is 0 Å². The second-order valence-electron chi connectivity index (χ2n) is 9.46. The summed E-state index contributed by atoms with van der Waals surface area (Å²) in [6, 6.07) is 2.11. The van der Waals surface area contributed by atoms with Crippen LogP contribution in [-0.4, -0.2) is 27.9 Å². The van der Waals surface area contributed by atoms with Crippen molar-refractivity contribution in [2.24, 2.45) is 5.92 Å². The molecule has 1 N–H and O–H groups in total. The summed E-state index contributed by atoms with van der Waals surface area (Å²) in [5, 5.41) is 0. The predicted octanol–water partition coefficient (Wildman–Crippen LogP) is 3.57. The number of likely N-dealkylation sites (tertiary alicyclic amines) is 1. The molecule has 1 atom stereocenters. The van der Waals surface area contributed by atoms with E-state index in [0.29, 0.717) is 0 Å². The number of nitrogens with one attached hydrogen (secondary N) is 1. The van der Waals surface area contributed by atoms with Crippen LogP contribution in [0.2, 0.25) is 0 Å². The highest BCUT2D eigenvalue weighted by Gasteiger charge is 2.38. The molecule has 25 heavy (non-hydrogen) atoms. The topological polar surface area (TPSA) is 53.2 Å². The van der Waals surface area contributed by atoms with Crippen LogP contribution in [0.5, 0.6) is 0 Å². The van der Waals surface area contributed by atoms with Crippen molar-refractivity contribution in [2.75, 3.05) is 6.54 Å². The average Bonchev–Trinajstić information content (AvgIpc) is 2.94. The minimum atomic E-state index is -0.299. The van der Waals surface area contributed by atoms with Crippen molar-refractivity contribution in [3.05, 3.63) is 33.2 Å². The predicted molar refractivity (Wildman–Crippen MR) is 101 cm³/mol. The molecule has 3 rings (SSSR count). The minimum Gasteiger partial charge on any atom is -0.338 e. The number of hydrogen-bond acceptors (Lipinski definition) is 2. The zero-order valence-corrected chi connectivity index (χ0v) is 16.4. The molecule has 0 radical (unpaired) electrons. The van der Waals surface area contributed by atoms with Crippen LogP contribution in [0, 0.1) is 5.92 Å². The zero-order chi connectivity index (χ0) is 18.4. The van der Waals surface area contributed by atoms with E-state index in [1.54, 1.807) is 0 Å². The van der Waals surface area contributed by atoms with E-state index in [4.69, 9.17) is 0 Å². The van der Waals surface area contributed by atoms with E-state index in [1.165, 1.54) is 5.56 Å². The maximum Gasteiger partial charge on any atom is 0.251 e. The molecule has 2 heterocycles. The molecule has 1 aliphatic carbocycles. The lowest BCUT2D eigenvalue weighted by Crippen LogP contribution is -2.52. The molecule has 138 valence electrons. The van der Waals surface area contributed by atoms with E-state index >= 15 is 0 Å². The molecule has 4 heteroatoms. The highest BCUT2D eigenvalue weighted by molar-refractivity contribution is 5.80. The Kier molecular flexibility index (Phi) is 4.59. The van der Waals surface area contributed by atoms with Crippen LogP contribution in [0.3, 0.4) is 0 Å². The standard InChI is InChI=1S/C21H32N2O2/c1-20(2,3)23-11-7-9-15(19(23)25)13-21(4,5)16-12-14-8-6-10-17(14)22-18(16)24/h12,15H,6-11,13H2,1-5H3,(H,22,24). The third-order valence-electron chi connectivity index (χ3n) is 5.93. The van der Waals surface area contributed by atoms with Gasteiger partial charge in [0.1, 0.15) is 0 Å². The number of rotatable bonds is 3. The first kappa shape index (κ1) is 18.2. The number of nitrogens with zero attached hydrogens (tertiary/aromatic N) is 1. The van der Waals surface area contributed by atoms with Gasteiger partial charge < -0.3 is 9.88 Å². The quantitative estimate of drug-likeness (QED) is 0.911. The molecule has 1 unspecified atom stereocenters. The van der Waals surface area contributed by atoms with Crippen LogP contribution in [0.4, 0.5) is 0 Å². The van der Waals surface area contributed by atoms with E-state index in [2.05, 4.69) is 45.7 Å². The van der Waals surface area contributed by atoms with Gasteiger partial charge >= 0.3 is 0 Å². The van der Waals surface area contributed by atoms with E-state index in [-0.39, 0.29) is 28.3 Å². The van der Waals surface area contributed by atoms with Crippen molar-refractivity contribution < 1.29 is 4.79 Å². The second kappa shape index (κ2) is 6.30. The van der Waals surface area contributed by atoms with E-state index < -0.39 is 0 Å². The lowest BCUT2D eigenvalue weighted by atomic mass is 9.74. The first-order valence-corrected chi connectivity index (χ1v) is 9.66. The van der Waals surface area contributed by atoms with Crippen LogP contribution in [0.15, 0.2) is 10.9 Å². The van der Waals surface area contributed by atoms with Gasteiger partial charge in [-0.1, -0.05) is 13.8 Å². The molecule has 0 spiro atoms. The van der Waals surface area contributed by atoms with Crippen molar-refractivity contribution in [3.8, 4) is 0 Å². The third kappa shape index (κ3) is 3.54. The molecule has 1 aromatic heterocycles. The van der Waals surface area contributed by atoms with Gasteiger partial charge in [-0.05, 0) is 76.3 Å². The molecule has 0 saturated carbocycles. The summed E-state index contributed by atoms with van der Waals surface area (Å²) < 4.78 is 0. The SMILES string of the molecule is CC(C)(CC1CCCN(C(C)(C)C)C1=O)c1cc2c([nH]c1=O)CCC2. The van der Waals surface area contributed by atoms with Gasteiger partial charge in [0, 0.05) is 29.3 Å². The van der Waals surface area contributed by atoms with Crippen LogP contribution < -0.4 is 5.56 Å². The number of fused-ring (bicyclic) bond motifs is 1. The first-order chi connectivity index (χ1) is 11.6. The second-order valence-corrected chi connectivity index (χ2v) is 9.46. The lowest BCUT2D eigenvalue weighted by molar-refractivity contribution is -0.144. The Labute approximate surface area is 151 Å².